The highest BCUT2D eigenvalue weighted by molar-refractivity contribution is 7.89. The maximum Gasteiger partial charge on any atom is 0.408 e. The average Bonchev–Trinajstić information content (AvgIpc) is 2.87. The third-order valence-corrected chi connectivity index (χ3v) is 7.05. The van der Waals surface area contributed by atoms with Gasteiger partial charge in [-0.3, -0.25) is 4.79 Å². The molecule has 3 atom stereocenters. The van der Waals surface area contributed by atoms with Crippen molar-refractivity contribution in [3.05, 3.63) is 23.9 Å². The van der Waals surface area contributed by atoms with Gasteiger partial charge >= 0.3 is 6.09 Å². The summed E-state index contributed by atoms with van der Waals surface area (Å²) in [7, 11) is -3.88. The van der Waals surface area contributed by atoms with E-state index in [0.717, 1.165) is 0 Å². The van der Waals surface area contributed by atoms with Crippen molar-refractivity contribution >= 4 is 22.0 Å². The standard InChI is InChI=1S/C23H38N4O6S/c1-15(2)13-18(26-22(30)33-23(4,5)6)21(29)25-17-10-8-12-27(14-19(17)28)34(31,32)20-11-7-9-16(3)24-20/h7,9,11,15,17-19,28H,8,10,12-14H2,1-6H3,(H,25,29)(H,26,30)/t17?,18-,19?/m0/s1. The van der Waals surface area contributed by atoms with Gasteiger partial charge in [0.2, 0.25) is 5.91 Å². The number of β-amino-alcohol motifs (C(OH)–C–C–N with tert-alkyl or cyclic N) is 1. The van der Waals surface area contributed by atoms with Gasteiger partial charge in [-0.2, -0.15) is 4.31 Å². The van der Waals surface area contributed by atoms with Gasteiger partial charge in [-0.25, -0.2) is 18.2 Å². The van der Waals surface area contributed by atoms with Gasteiger partial charge in [-0.05, 0) is 65.0 Å². The van der Waals surface area contributed by atoms with Crippen LogP contribution in [0.4, 0.5) is 4.79 Å². The number of ether oxygens (including phenoxy) is 1. The van der Waals surface area contributed by atoms with E-state index in [1.54, 1.807) is 39.8 Å². The van der Waals surface area contributed by atoms with E-state index in [9.17, 15) is 23.1 Å². The molecule has 2 heterocycles. The van der Waals surface area contributed by atoms with E-state index in [4.69, 9.17) is 4.74 Å². The Morgan fingerprint density at radius 1 is 1.29 bits per heavy atom. The normalized spacial score (nSPS) is 20.9. The van der Waals surface area contributed by atoms with Crippen LogP contribution in [0.3, 0.4) is 0 Å². The monoisotopic (exact) mass is 498 g/mol. The average molecular weight is 499 g/mol. The Bertz CT molecular complexity index is 960. The van der Waals surface area contributed by atoms with E-state index in [-0.39, 0.29) is 24.0 Å². The summed E-state index contributed by atoms with van der Waals surface area (Å²) in [6, 6.07) is 3.26. The third kappa shape index (κ3) is 8.21. The summed E-state index contributed by atoms with van der Waals surface area (Å²) in [6.07, 6.45) is -0.597. The van der Waals surface area contributed by atoms with Crippen molar-refractivity contribution in [3.63, 3.8) is 0 Å². The lowest BCUT2D eigenvalue weighted by Crippen LogP contribution is -2.54. The fourth-order valence-electron chi connectivity index (χ4n) is 3.72. The van der Waals surface area contributed by atoms with Gasteiger partial charge in [0.05, 0.1) is 12.1 Å². The summed E-state index contributed by atoms with van der Waals surface area (Å²) in [5, 5.41) is 16.1. The number of pyridine rings is 1. The minimum atomic E-state index is -3.88. The molecule has 1 aromatic rings. The number of carbonyl (C=O) groups is 2. The van der Waals surface area contributed by atoms with Crippen LogP contribution in [-0.2, 0) is 19.6 Å². The first-order valence-corrected chi connectivity index (χ1v) is 13.0. The molecule has 11 heteroatoms. The fourth-order valence-corrected chi connectivity index (χ4v) is 5.22. The number of aromatic nitrogens is 1. The number of aliphatic hydroxyl groups is 1. The molecular formula is C23H38N4O6S. The first kappa shape index (κ1) is 28.0. The number of hydrogen-bond donors (Lipinski definition) is 3. The largest absolute Gasteiger partial charge is 0.444 e. The van der Waals surface area contributed by atoms with Gasteiger partial charge < -0.3 is 20.5 Å². The molecule has 2 rings (SSSR count). The number of aliphatic hydroxyl groups excluding tert-OH is 1. The number of aryl methyl sites for hydroxylation is 1. The lowest BCUT2D eigenvalue weighted by molar-refractivity contribution is -0.125. The Balaban J connectivity index is 2.09. The summed E-state index contributed by atoms with van der Waals surface area (Å²) in [5.41, 5.74) is -0.128. The van der Waals surface area contributed by atoms with Gasteiger partial charge in [-0.15, -0.1) is 0 Å². The van der Waals surface area contributed by atoms with Crippen molar-refractivity contribution in [2.75, 3.05) is 13.1 Å². The van der Waals surface area contributed by atoms with Gasteiger partial charge in [0.25, 0.3) is 10.0 Å². The van der Waals surface area contributed by atoms with Crippen molar-refractivity contribution in [3.8, 4) is 0 Å². The van der Waals surface area contributed by atoms with E-state index >= 15 is 0 Å². The highest BCUT2D eigenvalue weighted by Gasteiger charge is 2.35. The van der Waals surface area contributed by atoms with Crippen molar-refractivity contribution in [2.45, 2.75) is 89.6 Å². The molecule has 34 heavy (non-hydrogen) atoms. The molecule has 2 unspecified atom stereocenters. The number of alkyl carbamates (subject to hydrolysis) is 1. The second kappa shape index (κ2) is 11.5. The zero-order valence-electron chi connectivity index (χ0n) is 20.9. The van der Waals surface area contributed by atoms with Crippen LogP contribution in [0.5, 0.6) is 0 Å². The molecular weight excluding hydrogens is 460 g/mol. The summed E-state index contributed by atoms with van der Waals surface area (Å²) >= 11 is 0. The van der Waals surface area contributed by atoms with Crippen LogP contribution in [-0.4, -0.2) is 71.7 Å². The third-order valence-electron chi connectivity index (χ3n) is 5.29. The molecule has 0 bridgehead atoms. The van der Waals surface area contributed by atoms with Crippen LogP contribution >= 0.6 is 0 Å². The molecule has 1 aromatic heterocycles. The Hall–Kier alpha value is -2.24. The molecule has 1 saturated heterocycles. The summed E-state index contributed by atoms with van der Waals surface area (Å²) < 4.78 is 32.5. The molecule has 1 fully saturated rings. The predicted octanol–water partition coefficient (Wildman–Crippen LogP) is 1.96. The number of nitrogens with one attached hydrogen (secondary N) is 2. The molecule has 3 N–H and O–H groups in total. The maximum absolute atomic E-state index is 13.0. The molecule has 0 saturated carbocycles. The number of amides is 2. The molecule has 0 spiro atoms. The molecule has 192 valence electrons. The second-order valence-electron chi connectivity index (χ2n) is 10.1. The summed E-state index contributed by atoms with van der Waals surface area (Å²) in [5.74, 6) is -0.326. The number of sulfonamides is 1. The Labute approximate surface area is 202 Å². The van der Waals surface area contributed by atoms with Crippen LogP contribution in [0, 0.1) is 12.8 Å². The Kier molecular flexibility index (Phi) is 9.44. The molecule has 10 nitrogen and oxygen atoms in total. The van der Waals surface area contributed by atoms with Crippen LogP contribution in [0.1, 0.15) is 59.6 Å². The van der Waals surface area contributed by atoms with Gasteiger partial charge in [0.1, 0.15) is 11.6 Å². The molecule has 0 radical (unpaired) electrons. The zero-order valence-corrected chi connectivity index (χ0v) is 21.7. The lowest BCUT2D eigenvalue weighted by Gasteiger charge is -2.28. The van der Waals surface area contributed by atoms with Crippen LogP contribution in [0.15, 0.2) is 23.2 Å². The zero-order chi connectivity index (χ0) is 25.7. The van der Waals surface area contributed by atoms with E-state index in [1.807, 2.05) is 13.8 Å². The SMILES string of the molecule is Cc1cccc(S(=O)(=O)N2CCCC(NC(=O)[C@H](CC(C)C)NC(=O)OC(C)(C)C)C(O)C2)n1. The predicted molar refractivity (Wildman–Crippen MR) is 128 cm³/mol. The maximum atomic E-state index is 13.0. The topological polar surface area (TPSA) is 138 Å². The quantitative estimate of drug-likeness (QED) is 0.522. The molecule has 0 aromatic carbocycles. The highest BCUT2D eigenvalue weighted by atomic mass is 32.2. The molecule has 2 amide bonds. The molecule has 1 aliphatic rings. The van der Waals surface area contributed by atoms with Crippen molar-refractivity contribution in [1.82, 2.24) is 19.9 Å². The number of carbonyl (C=O) groups excluding carboxylic acids is 2. The fraction of sp³-hybridized carbons (Fsp3) is 0.696. The number of hydrogen-bond acceptors (Lipinski definition) is 7. The first-order valence-electron chi connectivity index (χ1n) is 11.6. The number of rotatable bonds is 7. The van der Waals surface area contributed by atoms with E-state index in [0.29, 0.717) is 25.0 Å². The van der Waals surface area contributed by atoms with E-state index in [1.165, 1.54) is 10.4 Å². The molecule has 0 aliphatic carbocycles. The number of nitrogens with zero attached hydrogens (tertiary/aromatic N) is 2. The van der Waals surface area contributed by atoms with Crippen LogP contribution in [0.2, 0.25) is 0 Å². The van der Waals surface area contributed by atoms with Crippen molar-refractivity contribution < 1.29 is 27.9 Å². The first-order chi connectivity index (χ1) is 15.7. The van der Waals surface area contributed by atoms with Gasteiger partial charge in [0.15, 0.2) is 5.03 Å². The molecule has 1 aliphatic heterocycles. The van der Waals surface area contributed by atoms with Crippen molar-refractivity contribution in [2.24, 2.45) is 5.92 Å². The van der Waals surface area contributed by atoms with Crippen LogP contribution in [0.25, 0.3) is 0 Å². The van der Waals surface area contributed by atoms with Gasteiger partial charge in [-0.1, -0.05) is 19.9 Å². The Morgan fingerprint density at radius 2 is 1.97 bits per heavy atom. The highest BCUT2D eigenvalue weighted by Crippen LogP contribution is 2.20. The minimum absolute atomic E-state index is 0.0688. The lowest BCUT2D eigenvalue weighted by atomic mass is 10.0. The minimum Gasteiger partial charge on any atom is -0.444 e. The summed E-state index contributed by atoms with van der Waals surface area (Å²) in [4.78, 5) is 29.4. The van der Waals surface area contributed by atoms with E-state index < -0.39 is 45.8 Å². The Morgan fingerprint density at radius 3 is 2.56 bits per heavy atom. The second-order valence-corrected chi connectivity index (χ2v) is 12.0. The van der Waals surface area contributed by atoms with E-state index in [2.05, 4.69) is 15.6 Å². The summed E-state index contributed by atoms with van der Waals surface area (Å²) in [6.45, 7) is 10.8. The smallest absolute Gasteiger partial charge is 0.408 e. The van der Waals surface area contributed by atoms with Crippen molar-refractivity contribution in [1.29, 1.82) is 0 Å². The van der Waals surface area contributed by atoms with Gasteiger partial charge in [0, 0.05) is 18.8 Å². The van der Waals surface area contributed by atoms with Crippen LogP contribution < -0.4 is 10.6 Å².